The summed E-state index contributed by atoms with van der Waals surface area (Å²) in [4.78, 5) is 1.15. The van der Waals surface area contributed by atoms with E-state index < -0.39 is 10.0 Å². The predicted octanol–water partition coefficient (Wildman–Crippen LogP) is 1.49. The molecule has 0 unspecified atom stereocenters. The van der Waals surface area contributed by atoms with Gasteiger partial charge in [-0.2, -0.15) is 4.80 Å². The molecule has 17 heavy (non-hydrogen) atoms. The highest BCUT2D eigenvalue weighted by Gasteiger charge is 2.20. The Morgan fingerprint density at radius 3 is 2.76 bits per heavy atom. The summed E-state index contributed by atoms with van der Waals surface area (Å²) in [5.41, 5.74) is 0. The molecule has 1 N–H and O–H groups in total. The molecule has 0 aliphatic rings. The maximum Gasteiger partial charge on any atom is 0.277 e. The lowest BCUT2D eigenvalue weighted by molar-refractivity contribution is 0.602. The second-order valence-electron chi connectivity index (χ2n) is 2.90. The lowest BCUT2D eigenvalue weighted by Gasteiger charge is -1.99. The number of aryl methyl sites for hydroxylation is 1. The van der Waals surface area contributed by atoms with Crippen LogP contribution in [-0.4, -0.2) is 28.6 Å². The molecule has 0 atom stereocenters. The summed E-state index contributed by atoms with van der Waals surface area (Å²) in [5, 5.41) is 11.1. The molecule has 2 heterocycles. The minimum absolute atomic E-state index is 0.0711. The van der Waals surface area contributed by atoms with Gasteiger partial charge in [0.2, 0.25) is 0 Å². The number of nitrogens with one attached hydrogen (secondary N) is 1. The summed E-state index contributed by atoms with van der Waals surface area (Å²) in [5.74, 6) is -0.0897. The summed E-state index contributed by atoms with van der Waals surface area (Å²) in [7, 11) is -2.19. The van der Waals surface area contributed by atoms with E-state index >= 15 is 0 Å². The van der Waals surface area contributed by atoms with Crippen LogP contribution >= 0.6 is 38.9 Å². The number of hydrogen-bond acceptors (Lipinski definition) is 6. The Bertz CT molecular complexity index is 632. The molecule has 7 nitrogen and oxygen atoms in total. The SMILES string of the molecule is Cn1nnc(NS(=O)(=O)c2cc(Cl)c(Br)s2)n1. The van der Waals surface area contributed by atoms with E-state index in [0.29, 0.717) is 8.81 Å². The highest BCUT2D eigenvalue weighted by atomic mass is 79.9. The van der Waals surface area contributed by atoms with Crippen LogP contribution in [0.25, 0.3) is 0 Å². The number of thiophene rings is 1. The highest BCUT2D eigenvalue weighted by Crippen LogP contribution is 2.34. The zero-order valence-corrected chi connectivity index (χ0v) is 12.2. The molecular weight excluding hydrogens is 354 g/mol. The lowest BCUT2D eigenvalue weighted by atomic mass is 10.7. The molecule has 0 aliphatic carbocycles. The monoisotopic (exact) mass is 357 g/mol. The fourth-order valence-electron chi connectivity index (χ4n) is 0.955. The van der Waals surface area contributed by atoms with Crippen molar-refractivity contribution in [3.63, 3.8) is 0 Å². The van der Waals surface area contributed by atoms with Crippen molar-refractivity contribution in [3.05, 3.63) is 14.9 Å². The van der Waals surface area contributed by atoms with Crippen LogP contribution in [0.1, 0.15) is 0 Å². The molecule has 0 aliphatic heterocycles. The Labute approximate surface area is 114 Å². The fraction of sp³-hybridized carbons (Fsp3) is 0.167. The third-order valence-corrected chi connectivity index (χ3v) is 5.90. The largest absolute Gasteiger partial charge is 0.277 e. The minimum atomic E-state index is -3.73. The normalized spacial score (nSPS) is 11.7. The number of hydrogen-bond donors (Lipinski definition) is 1. The zero-order valence-electron chi connectivity index (χ0n) is 8.26. The standard InChI is InChI=1S/C6H5BrClN5O2S2/c1-13-10-6(9-12-13)11-17(14,15)4-2-3(8)5(7)16-4/h2H,1H3,(H,10,11). The average molecular weight is 359 g/mol. The predicted molar refractivity (Wildman–Crippen MR) is 66.6 cm³/mol. The summed E-state index contributed by atoms with van der Waals surface area (Å²) in [6, 6.07) is 1.34. The van der Waals surface area contributed by atoms with Crippen LogP contribution in [0.15, 0.2) is 14.1 Å². The molecule has 2 aromatic rings. The number of tetrazole rings is 1. The Hall–Kier alpha value is -0.710. The van der Waals surface area contributed by atoms with Gasteiger partial charge in [-0.05, 0) is 27.2 Å². The molecule has 0 fully saturated rings. The van der Waals surface area contributed by atoms with Crippen molar-refractivity contribution in [3.8, 4) is 0 Å². The quantitative estimate of drug-likeness (QED) is 0.898. The minimum Gasteiger partial charge on any atom is -0.244 e. The molecule has 0 radical (unpaired) electrons. The molecule has 0 aromatic carbocycles. The number of halogens is 2. The Morgan fingerprint density at radius 2 is 2.29 bits per heavy atom. The number of sulfonamides is 1. The summed E-state index contributed by atoms with van der Waals surface area (Å²) in [6.07, 6.45) is 0. The molecule has 2 aromatic heterocycles. The van der Waals surface area contributed by atoms with Crippen molar-refractivity contribution >= 4 is 54.8 Å². The first-order valence-corrected chi connectivity index (χ1v) is 7.57. The van der Waals surface area contributed by atoms with Gasteiger partial charge in [0.15, 0.2) is 0 Å². The first-order chi connectivity index (χ1) is 7.88. The van der Waals surface area contributed by atoms with Crippen LogP contribution in [0.5, 0.6) is 0 Å². The van der Waals surface area contributed by atoms with Crippen molar-refractivity contribution in [1.82, 2.24) is 20.2 Å². The van der Waals surface area contributed by atoms with E-state index in [1.807, 2.05) is 0 Å². The molecule has 92 valence electrons. The van der Waals surface area contributed by atoms with Crippen LogP contribution in [0.2, 0.25) is 5.02 Å². The van der Waals surface area contributed by atoms with Crippen LogP contribution in [0.3, 0.4) is 0 Å². The number of anilines is 1. The van der Waals surface area contributed by atoms with E-state index in [1.54, 1.807) is 0 Å². The Balaban J connectivity index is 2.31. The average Bonchev–Trinajstić information content (AvgIpc) is 2.75. The molecule has 0 amide bonds. The molecule has 11 heteroatoms. The van der Waals surface area contributed by atoms with Crippen molar-refractivity contribution < 1.29 is 8.42 Å². The Kier molecular flexibility index (Phi) is 3.39. The van der Waals surface area contributed by atoms with Gasteiger partial charge in [-0.15, -0.1) is 16.4 Å². The number of rotatable bonds is 3. The maximum atomic E-state index is 11.9. The number of nitrogens with zero attached hydrogens (tertiary/aromatic N) is 4. The van der Waals surface area contributed by atoms with Gasteiger partial charge in [0.1, 0.15) is 4.21 Å². The van der Waals surface area contributed by atoms with Gasteiger partial charge in [-0.1, -0.05) is 16.7 Å². The van der Waals surface area contributed by atoms with Crippen molar-refractivity contribution in [2.45, 2.75) is 4.21 Å². The Morgan fingerprint density at radius 1 is 1.59 bits per heavy atom. The molecular formula is C6H5BrClN5O2S2. The van der Waals surface area contributed by atoms with Crippen LogP contribution in [0, 0.1) is 0 Å². The van der Waals surface area contributed by atoms with E-state index in [4.69, 9.17) is 11.6 Å². The van der Waals surface area contributed by atoms with Gasteiger partial charge >= 0.3 is 0 Å². The molecule has 0 spiro atoms. The smallest absolute Gasteiger partial charge is 0.244 e. The van der Waals surface area contributed by atoms with Crippen molar-refractivity contribution in [2.75, 3.05) is 4.72 Å². The second-order valence-corrected chi connectivity index (χ2v) is 7.58. The van der Waals surface area contributed by atoms with Gasteiger partial charge in [-0.3, -0.25) is 0 Å². The van der Waals surface area contributed by atoms with Crippen LogP contribution in [0.4, 0.5) is 5.95 Å². The number of aromatic nitrogens is 4. The van der Waals surface area contributed by atoms with Crippen molar-refractivity contribution in [2.24, 2.45) is 7.05 Å². The highest BCUT2D eigenvalue weighted by molar-refractivity contribution is 9.11. The van der Waals surface area contributed by atoms with E-state index in [1.165, 1.54) is 13.1 Å². The van der Waals surface area contributed by atoms with E-state index in [2.05, 4.69) is 36.1 Å². The third kappa shape index (κ3) is 2.76. The first kappa shape index (κ1) is 12.7. The van der Waals surface area contributed by atoms with Crippen LogP contribution < -0.4 is 4.72 Å². The van der Waals surface area contributed by atoms with E-state index in [9.17, 15) is 8.42 Å². The zero-order chi connectivity index (χ0) is 12.6. The molecule has 0 saturated carbocycles. The maximum absolute atomic E-state index is 11.9. The van der Waals surface area contributed by atoms with E-state index in [0.717, 1.165) is 16.1 Å². The van der Waals surface area contributed by atoms with E-state index in [-0.39, 0.29) is 10.2 Å². The van der Waals surface area contributed by atoms with Gasteiger partial charge in [0, 0.05) is 0 Å². The third-order valence-electron chi connectivity index (χ3n) is 1.62. The van der Waals surface area contributed by atoms with Crippen LogP contribution in [-0.2, 0) is 17.1 Å². The summed E-state index contributed by atoms with van der Waals surface area (Å²) < 4.78 is 26.6. The fourth-order valence-corrected chi connectivity index (χ4v) is 4.29. The molecule has 2 rings (SSSR count). The van der Waals surface area contributed by atoms with Gasteiger partial charge in [0.05, 0.1) is 15.9 Å². The first-order valence-electron chi connectivity index (χ1n) is 4.10. The molecule has 0 bridgehead atoms. The summed E-state index contributed by atoms with van der Waals surface area (Å²) in [6.45, 7) is 0. The van der Waals surface area contributed by atoms with Gasteiger partial charge in [-0.25, -0.2) is 13.1 Å². The summed E-state index contributed by atoms with van der Waals surface area (Å²) >= 11 is 9.91. The van der Waals surface area contributed by atoms with Gasteiger partial charge in [0.25, 0.3) is 16.0 Å². The van der Waals surface area contributed by atoms with Crippen molar-refractivity contribution in [1.29, 1.82) is 0 Å². The lowest BCUT2D eigenvalue weighted by Crippen LogP contribution is -2.12. The second kappa shape index (κ2) is 4.52. The van der Waals surface area contributed by atoms with Gasteiger partial charge < -0.3 is 0 Å². The topological polar surface area (TPSA) is 89.8 Å². The molecule has 0 saturated heterocycles.